The molecule has 2 aliphatic rings. The topological polar surface area (TPSA) is 50.7 Å². The molecule has 140 valence electrons. The van der Waals surface area contributed by atoms with E-state index in [9.17, 15) is 0 Å². The number of aryl methyl sites for hydroxylation is 1. The van der Waals surface area contributed by atoms with Crippen LogP contribution in [-0.2, 0) is 9.47 Å². The Balaban J connectivity index is 1.83. The molecule has 2 atom stereocenters. The Hall–Kier alpha value is -1.40. The number of hydrogen-bond acceptors (Lipinski definition) is 6. The largest absolute Gasteiger partial charge is 0.372 e. The molecule has 0 N–H and O–H groups in total. The highest BCUT2D eigenvalue weighted by atomic mass is 16.5. The molecule has 0 bridgehead atoms. The van der Waals surface area contributed by atoms with Crippen molar-refractivity contribution in [3.63, 3.8) is 0 Å². The normalized spacial score (nSPS) is 30.6. The minimum absolute atomic E-state index is 0.102. The summed E-state index contributed by atoms with van der Waals surface area (Å²) in [5.74, 6) is 1.85. The molecule has 0 aliphatic carbocycles. The number of nitrogens with zero attached hydrogens (tertiary/aromatic N) is 4. The third-order valence-corrected chi connectivity index (χ3v) is 5.68. The SMILES string of the molecule is CCC1(C)CN(c2ncc(C)c(N3CCOC(C)(CC)C3)n2)CCO1. The smallest absolute Gasteiger partial charge is 0.227 e. The van der Waals surface area contributed by atoms with Gasteiger partial charge in [0.1, 0.15) is 5.82 Å². The van der Waals surface area contributed by atoms with E-state index in [0.717, 1.165) is 69.6 Å². The maximum absolute atomic E-state index is 5.98. The fourth-order valence-corrected chi connectivity index (χ4v) is 3.54. The number of aromatic nitrogens is 2. The van der Waals surface area contributed by atoms with Crippen molar-refractivity contribution in [2.24, 2.45) is 0 Å². The van der Waals surface area contributed by atoms with Crippen LogP contribution in [-0.4, -0.2) is 60.6 Å². The van der Waals surface area contributed by atoms with Crippen molar-refractivity contribution in [3.8, 4) is 0 Å². The number of anilines is 2. The number of hydrogen-bond donors (Lipinski definition) is 0. The predicted octanol–water partition coefficient (Wildman–Crippen LogP) is 2.80. The molecule has 3 rings (SSSR count). The third kappa shape index (κ3) is 3.90. The molecular weight excluding hydrogens is 316 g/mol. The second-order valence-corrected chi connectivity index (χ2v) is 7.82. The van der Waals surface area contributed by atoms with Gasteiger partial charge in [-0.3, -0.25) is 0 Å². The van der Waals surface area contributed by atoms with Gasteiger partial charge in [0.05, 0.1) is 24.4 Å². The van der Waals surface area contributed by atoms with E-state index < -0.39 is 0 Å². The first-order valence-electron chi connectivity index (χ1n) is 9.49. The lowest BCUT2D eigenvalue weighted by molar-refractivity contribution is -0.0447. The predicted molar refractivity (Wildman–Crippen MR) is 100 cm³/mol. The van der Waals surface area contributed by atoms with Crippen LogP contribution in [0.1, 0.15) is 46.1 Å². The Kier molecular flexibility index (Phi) is 5.21. The lowest BCUT2D eigenvalue weighted by Gasteiger charge is -2.42. The van der Waals surface area contributed by atoms with Crippen LogP contribution in [0, 0.1) is 6.92 Å². The molecule has 2 aliphatic heterocycles. The highest BCUT2D eigenvalue weighted by Crippen LogP contribution is 2.29. The van der Waals surface area contributed by atoms with E-state index in [4.69, 9.17) is 14.5 Å². The number of rotatable bonds is 4. The van der Waals surface area contributed by atoms with Crippen molar-refractivity contribution in [2.75, 3.05) is 49.2 Å². The van der Waals surface area contributed by atoms with Gasteiger partial charge >= 0.3 is 0 Å². The van der Waals surface area contributed by atoms with Gasteiger partial charge in [0.15, 0.2) is 0 Å². The average Bonchev–Trinajstić information content (AvgIpc) is 2.62. The zero-order valence-electron chi connectivity index (χ0n) is 16.3. The summed E-state index contributed by atoms with van der Waals surface area (Å²) >= 11 is 0. The van der Waals surface area contributed by atoms with Gasteiger partial charge in [-0.1, -0.05) is 13.8 Å². The highest BCUT2D eigenvalue weighted by molar-refractivity contribution is 5.50. The molecule has 2 fully saturated rings. The Bertz CT molecular complexity index is 611. The van der Waals surface area contributed by atoms with E-state index in [1.807, 2.05) is 6.20 Å². The first kappa shape index (κ1) is 18.4. The van der Waals surface area contributed by atoms with Gasteiger partial charge < -0.3 is 19.3 Å². The third-order valence-electron chi connectivity index (χ3n) is 5.68. The standard InChI is InChI=1S/C19H32N4O2/c1-6-18(4)13-22(8-10-24-18)16-15(3)12-20-17(21-16)23-9-11-25-19(5,7-2)14-23/h12H,6-11,13-14H2,1-5H3. The fraction of sp³-hybridized carbons (Fsp3) is 0.789. The Labute approximate surface area is 151 Å². The zero-order valence-corrected chi connectivity index (χ0v) is 16.3. The summed E-state index contributed by atoms with van der Waals surface area (Å²) in [5, 5.41) is 0. The van der Waals surface area contributed by atoms with Crippen molar-refractivity contribution in [2.45, 2.75) is 58.7 Å². The van der Waals surface area contributed by atoms with Crippen LogP contribution in [0.4, 0.5) is 11.8 Å². The molecule has 0 saturated carbocycles. The first-order chi connectivity index (χ1) is 11.9. The van der Waals surface area contributed by atoms with Crippen LogP contribution in [0.15, 0.2) is 6.20 Å². The Morgan fingerprint density at radius 2 is 1.56 bits per heavy atom. The maximum atomic E-state index is 5.98. The highest BCUT2D eigenvalue weighted by Gasteiger charge is 2.34. The van der Waals surface area contributed by atoms with Crippen LogP contribution in [0.2, 0.25) is 0 Å². The van der Waals surface area contributed by atoms with Crippen molar-refractivity contribution in [1.29, 1.82) is 0 Å². The quantitative estimate of drug-likeness (QED) is 0.834. The second-order valence-electron chi connectivity index (χ2n) is 7.82. The maximum Gasteiger partial charge on any atom is 0.227 e. The molecule has 0 amide bonds. The Morgan fingerprint density at radius 3 is 2.16 bits per heavy atom. The van der Waals surface area contributed by atoms with Crippen molar-refractivity contribution in [1.82, 2.24) is 9.97 Å². The minimum atomic E-state index is -0.119. The molecule has 2 saturated heterocycles. The van der Waals surface area contributed by atoms with Crippen molar-refractivity contribution < 1.29 is 9.47 Å². The van der Waals surface area contributed by atoms with Crippen molar-refractivity contribution >= 4 is 11.8 Å². The lowest BCUT2D eigenvalue weighted by atomic mass is 10.0. The average molecular weight is 348 g/mol. The van der Waals surface area contributed by atoms with Gasteiger partial charge in [0, 0.05) is 37.9 Å². The van der Waals surface area contributed by atoms with Gasteiger partial charge in [-0.25, -0.2) is 4.98 Å². The molecule has 1 aromatic rings. The van der Waals surface area contributed by atoms with Crippen LogP contribution in [0.3, 0.4) is 0 Å². The number of ether oxygens (including phenoxy) is 2. The monoisotopic (exact) mass is 348 g/mol. The van der Waals surface area contributed by atoms with Gasteiger partial charge in [-0.15, -0.1) is 0 Å². The first-order valence-corrected chi connectivity index (χ1v) is 9.49. The molecule has 0 aromatic carbocycles. The molecule has 6 nitrogen and oxygen atoms in total. The zero-order chi connectivity index (χ0) is 18.1. The summed E-state index contributed by atoms with van der Waals surface area (Å²) in [6.45, 7) is 15.7. The molecule has 0 radical (unpaired) electrons. The molecule has 25 heavy (non-hydrogen) atoms. The Morgan fingerprint density at radius 1 is 1.00 bits per heavy atom. The van der Waals surface area contributed by atoms with E-state index in [1.54, 1.807) is 0 Å². The summed E-state index contributed by atoms with van der Waals surface area (Å²) in [7, 11) is 0. The van der Waals surface area contributed by atoms with E-state index in [2.05, 4.69) is 49.4 Å². The number of morpholine rings is 2. The van der Waals surface area contributed by atoms with Crippen LogP contribution < -0.4 is 9.80 Å². The van der Waals surface area contributed by atoms with Gasteiger partial charge in [-0.05, 0) is 33.6 Å². The summed E-state index contributed by atoms with van der Waals surface area (Å²) in [5.41, 5.74) is 0.901. The van der Waals surface area contributed by atoms with Crippen LogP contribution in [0.25, 0.3) is 0 Å². The molecule has 1 aromatic heterocycles. The summed E-state index contributed by atoms with van der Waals surface area (Å²) < 4.78 is 11.9. The van der Waals surface area contributed by atoms with E-state index in [-0.39, 0.29) is 11.2 Å². The molecular formula is C19H32N4O2. The lowest BCUT2D eigenvalue weighted by Crippen LogP contribution is -2.51. The summed E-state index contributed by atoms with van der Waals surface area (Å²) in [4.78, 5) is 14.2. The van der Waals surface area contributed by atoms with E-state index in [1.165, 1.54) is 0 Å². The molecule has 2 unspecified atom stereocenters. The molecule has 0 spiro atoms. The van der Waals surface area contributed by atoms with E-state index >= 15 is 0 Å². The summed E-state index contributed by atoms with van der Waals surface area (Å²) in [6, 6.07) is 0. The van der Waals surface area contributed by atoms with Crippen LogP contribution >= 0.6 is 0 Å². The fourth-order valence-electron chi connectivity index (χ4n) is 3.54. The van der Waals surface area contributed by atoms with Gasteiger partial charge in [0.2, 0.25) is 5.95 Å². The van der Waals surface area contributed by atoms with Gasteiger partial charge in [0.25, 0.3) is 0 Å². The molecule has 6 heteroatoms. The van der Waals surface area contributed by atoms with Crippen LogP contribution in [0.5, 0.6) is 0 Å². The second kappa shape index (κ2) is 7.08. The van der Waals surface area contributed by atoms with Crippen molar-refractivity contribution in [3.05, 3.63) is 11.8 Å². The van der Waals surface area contributed by atoms with E-state index in [0.29, 0.717) is 0 Å². The van der Waals surface area contributed by atoms with Gasteiger partial charge in [-0.2, -0.15) is 4.98 Å². The molecule has 3 heterocycles. The summed E-state index contributed by atoms with van der Waals surface area (Å²) in [6.07, 6.45) is 3.94. The minimum Gasteiger partial charge on any atom is -0.372 e.